The summed E-state index contributed by atoms with van der Waals surface area (Å²) in [5.74, 6) is 1.67. The van der Waals surface area contributed by atoms with Gasteiger partial charge in [0.25, 0.3) is 5.56 Å². The molecule has 5 rings (SSSR count). The van der Waals surface area contributed by atoms with Crippen LogP contribution in [0.2, 0.25) is 5.02 Å². The Morgan fingerprint density at radius 2 is 1.82 bits per heavy atom. The first-order valence-corrected chi connectivity index (χ1v) is 13.5. The molecule has 1 aliphatic rings. The quantitative estimate of drug-likeness (QED) is 0.287. The van der Waals surface area contributed by atoms with Gasteiger partial charge in [0.05, 0.1) is 36.5 Å². The smallest absolute Gasteiger partial charge is 0.337 e. The van der Waals surface area contributed by atoms with E-state index in [9.17, 15) is 9.59 Å². The second kappa shape index (κ2) is 11.3. The van der Waals surface area contributed by atoms with Gasteiger partial charge in [-0.3, -0.25) is 9.36 Å². The number of fused-ring (bicyclic) bond motifs is 1. The number of carbonyl (C=O) groups is 1. The van der Waals surface area contributed by atoms with Crippen LogP contribution in [-0.4, -0.2) is 30.9 Å². The maximum absolute atomic E-state index is 13.7. The van der Waals surface area contributed by atoms with Crippen LogP contribution in [0.5, 0.6) is 11.5 Å². The number of nitrogens with zero attached hydrogens (tertiary/aromatic N) is 2. The van der Waals surface area contributed by atoms with E-state index in [1.807, 2.05) is 38.1 Å². The SMILES string of the molecule is CCOc1ccc([C@@H]2C(C(=O)OC)=CN=c3s/c(=C\c4ccc(-c5ccc(Cl)cc5)o4)c(=O)n32)cc1OCC. The molecular formula is C29H25ClN2O6S. The van der Waals surface area contributed by atoms with Crippen molar-refractivity contribution in [2.24, 2.45) is 4.99 Å². The van der Waals surface area contributed by atoms with Gasteiger partial charge in [-0.2, -0.15) is 0 Å². The Labute approximate surface area is 233 Å². The number of hydrogen-bond donors (Lipinski definition) is 0. The number of hydrogen-bond acceptors (Lipinski definition) is 8. The van der Waals surface area contributed by atoms with Crippen molar-refractivity contribution < 1.29 is 23.4 Å². The molecule has 200 valence electrons. The van der Waals surface area contributed by atoms with Crippen LogP contribution in [0.4, 0.5) is 0 Å². The van der Waals surface area contributed by atoms with Gasteiger partial charge in [-0.1, -0.05) is 29.0 Å². The summed E-state index contributed by atoms with van der Waals surface area (Å²) in [7, 11) is 1.30. The Bertz CT molecular complexity index is 1730. The van der Waals surface area contributed by atoms with Crippen molar-refractivity contribution in [1.29, 1.82) is 0 Å². The summed E-state index contributed by atoms with van der Waals surface area (Å²) in [6.07, 6.45) is 3.12. The Morgan fingerprint density at radius 3 is 2.54 bits per heavy atom. The third-order valence-electron chi connectivity index (χ3n) is 6.04. The fourth-order valence-corrected chi connectivity index (χ4v) is 5.39. The van der Waals surface area contributed by atoms with E-state index in [0.717, 1.165) is 5.56 Å². The Morgan fingerprint density at radius 1 is 1.08 bits per heavy atom. The van der Waals surface area contributed by atoms with E-state index in [0.29, 0.717) is 56.2 Å². The average molecular weight is 565 g/mol. The molecule has 0 N–H and O–H groups in total. The Balaban J connectivity index is 1.60. The first kappa shape index (κ1) is 26.5. The number of aromatic nitrogens is 1. The van der Waals surface area contributed by atoms with E-state index in [1.165, 1.54) is 29.2 Å². The minimum Gasteiger partial charge on any atom is -0.490 e. The molecule has 8 nitrogen and oxygen atoms in total. The molecule has 1 atom stereocenters. The molecule has 1 aliphatic heterocycles. The van der Waals surface area contributed by atoms with E-state index in [4.69, 9.17) is 30.2 Å². The predicted octanol–water partition coefficient (Wildman–Crippen LogP) is 4.73. The number of thiazole rings is 1. The molecule has 4 aromatic rings. The van der Waals surface area contributed by atoms with Crippen LogP contribution >= 0.6 is 22.9 Å². The number of furan rings is 1. The number of carbonyl (C=O) groups excluding carboxylic acids is 1. The highest BCUT2D eigenvalue weighted by atomic mass is 35.5. The monoisotopic (exact) mass is 564 g/mol. The van der Waals surface area contributed by atoms with Crippen molar-refractivity contribution >= 4 is 35.0 Å². The van der Waals surface area contributed by atoms with Gasteiger partial charge >= 0.3 is 5.97 Å². The largest absolute Gasteiger partial charge is 0.490 e. The van der Waals surface area contributed by atoms with Crippen LogP contribution in [0.3, 0.4) is 0 Å². The van der Waals surface area contributed by atoms with Crippen LogP contribution in [0.1, 0.15) is 31.2 Å². The molecule has 2 aromatic heterocycles. The summed E-state index contributed by atoms with van der Waals surface area (Å²) in [6, 6.07) is 15.5. The van der Waals surface area contributed by atoms with Crippen molar-refractivity contribution in [3.63, 3.8) is 0 Å². The fraction of sp³-hybridized carbons (Fsp3) is 0.207. The molecule has 0 saturated heterocycles. The van der Waals surface area contributed by atoms with Crippen molar-refractivity contribution in [2.45, 2.75) is 19.9 Å². The van der Waals surface area contributed by atoms with E-state index in [-0.39, 0.29) is 11.1 Å². The normalized spacial score (nSPS) is 14.8. The number of benzene rings is 2. The van der Waals surface area contributed by atoms with Crippen LogP contribution in [0.15, 0.2) is 80.6 Å². The highest BCUT2D eigenvalue weighted by Gasteiger charge is 2.31. The molecule has 0 fully saturated rings. The standard InChI is InChI=1S/C29H25ClN2O6S/c1-4-36-23-12-8-18(14-24(23)37-5-2)26-21(28(34)35-3)16-31-29-32(26)27(33)25(39-29)15-20-11-13-22(38-20)17-6-9-19(30)10-7-17/h6-16,26H,4-5H2,1-3H3/b25-15-/t26-/m1/s1. The number of halogens is 1. The highest BCUT2D eigenvalue weighted by Crippen LogP contribution is 2.35. The molecule has 0 bridgehead atoms. The van der Waals surface area contributed by atoms with Gasteiger partial charge in [-0.25, -0.2) is 9.79 Å². The van der Waals surface area contributed by atoms with Crippen molar-refractivity contribution in [3.05, 3.63) is 102 Å². The first-order valence-electron chi connectivity index (χ1n) is 12.3. The maximum atomic E-state index is 13.7. The fourth-order valence-electron chi connectivity index (χ4n) is 4.32. The minimum absolute atomic E-state index is 0.228. The highest BCUT2D eigenvalue weighted by molar-refractivity contribution is 7.07. The summed E-state index contributed by atoms with van der Waals surface area (Å²) >= 11 is 7.20. The van der Waals surface area contributed by atoms with Crippen molar-refractivity contribution in [2.75, 3.05) is 20.3 Å². The summed E-state index contributed by atoms with van der Waals surface area (Å²) < 4.78 is 24.4. The van der Waals surface area contributed by atoms with E-state index >= 15 is 0 Å². The molecule has 0 saturated carbocycles. The lowest BCUT2D eigenvalue weighted by Crippen LogP contribution is -2.39. The van der Waals surface area contributed by atoms with Gasteiger partial charge in [-0.05, 0) is 67.9 Å². The average Bonchev–Trinajstić information content (AvgIpc) is 3.54. The van der Waals surface area contributed by atoms with Crippen LogP contribution in [0.25, 0.3) is 17.4 Å². The Hall–Kier alpha value is -4.08. The third-order valence-corrected chi connectivity index (χ3v) is 7.29. The van der Waals surface area contributed by atoms with Gasteiger partial charge in [0, 0.05) is 22.9 Å². The topological polar surface area (TPSA) is 92.3 Å². The van der Waals surface area contributed by atoms with Crippen molar-refractivity contribution in [1.82, 2.24) is 4.57 Å². The molecule has 2 aromatic carbocycles. The third kappa shape index (κ3) is 5.28. The zero-order valence-corrected chi connectivity index (χ0v) is 23.0. The van der Waals surface area contributed by atoms with E-state index in [2.05, 4.69) is 4.99 Å². The van der Waals surface area contributed by atoms with Gasteiger partial charge in [-0.15, -0.1) is 0 Å². The van der Waals surface area contributed by atoms with Gasteiger partial charge < -0.3 is 18.6 Å². The molecular weight excluding hydrogens is 540 g/mol. The van der Waals surface area contributed by atoms with Crippen molar-refractivity contribution in [3.8, 4) is 22.8 Å². The van der Waals surface area contributed by atoms with Crippen LogP contribution in [-0.2, 0) is 9.53 Å². The lowest BCUT2D eigenvalue weighted by atomic mass is 9.97. The molecule has 39 heavy (non-hydrogen) atoms. The lowest BCUT2D eigenvalue weighted by Gasteiger charge is -2.23. The predicted molar refractivity (Wildman–Crippen MR) is 149 cm³/mol. The Kier molecular flexibility index (Phi) is 7.72. The van der Waals surface area contributed by atoms with Crippen LogP contribution in [0, 0.1) is 0 Å². The van der Waals surface area contributed by atoms with Gasteiger partial charge in [0.1, 0.15) is 11.5 Å². The number of ether oxygens (including phenoxy) is 3. The van der Waals surface area contributed by atoms with E-state index < -0.39 is 12.0 Å². The van der Waals surface area contributed by atoms with Crippen LogP contribution < -0.4 is 24.4 Å². The molecule has 3 heterocycles. The summed E-state index contributed by atoms with van der Waals surface area (Å²) in [5.41, 5.74) is 1.44. The molecule has 10 heteroatoms. The summed E-state index contributed by atoms with van der Waals surface area (Å²) in [6.45, 7) is 4.65. The van der Waals surface area contributed by atoms with Gasteiger partial charge in [0.2, 0.25) is 0 Å². The first-order chi connectivity index (χ1) is 18.9. The van der Waals surface area contributed by atoms with Gasteiger partial charge in [0.15, 0.2) is 16.3 Å². The molecule has 0 amide bonds. The molecule has 0 unspecified atom stereocenters. The molecule has 0 aliphatic carbocycles. The summed E-state index contributed by atoms with van der Waals surface area (Å²) in [5, 5.41) is 0.633. The zero-order chi connectivity index (χ0) is 27.5. The minimum atomic E-state index is -0.771. The maximum Gasteiger partial charge on any atom is 0.337 e. The number of esters is 1. The molecule has 0 radical (unpaired) electrons. The second-order valence-electron chi connectivity index (χ2n) is 8.46. The second-order valence-corrected chi connectivity index (χ2v) is 9.90. The number of methoxy groups -OCH3 is 1. The summed E-state index contributed by atoms with van der Waals surface area (Å²) in [4.78, 5) is 31.4. The lowest BCUT2D eigenvalue weighted by molar-refractivity contribution is -0.136. The molecule has 0 spiro atoms. The zero-order valence-electron chi connectivity index (χ0n) is 21.5. The van der Waals surface area contributed by atoms with E-state index in [1.54, 1.807) is 36.4 Å². The number of rotatable bonds is 8.